The molecule has 5 nitrogen and oxygen atoms in total. The highest BCUT2D eigenvalue weighted by Crippen LogP contribution is 2.27. The van der Waals surface area contributed by atoms with Crippen molar-refractivity contribution >= 4 is 34.8 Å². The molecule has 2 N–H and O–H groups in total. The normalized spacial score (nSPS) is 10.6. The molecule has 3 rings (SSSR count). The van der Waals surface area contributed by atoms with Crippen molar-refractivity contribution in [1.82, 2.24) is 9.78 Å². The predicted molar refractivity (Wildman–Crippen MR) is 94.4 cm³/mol. The lowest BCUT2D eigenvalue weighted by atomic mass is 10.2. The van der Waals surface area contributed by atoms with Gasteiger partial charge in [0.15, 0.2) is 0 Å². The Balaban J connectivity index is 1.90. The number of hydrogen-bond donors (Lipinski definition) is 2. The Morgan fingerprint density at radius 3 is 2.67 bits per heavy atom. The van der Waals surface area contributed by atoms with E-state index in [1.54, 1.807) is 23.7 Å². The number of hydrogen-bond acceptors (Lipinski definition) is 3. The van der Waals surface area contributed by atoms with Crippen LogP contribution in [0.25, 0.3) is 5.69 Å². The van der Waals surface area contributed by atoms with Crippen LogP contribution in [-0.4, -0.2) is 20.8 Å². The van der Waals surface area contributed by atoms with Crippen molar-refractivity contribution in [1.29, 1.82) is 0 Å². The molecule has 1 amide bonds. The number of phenolic OH excluding ortho intramolecular Hbond substituents is 1. The first-order valence-electron chi connectivity index (χ1n) is 7.06. The average molecular weight is 362 g/mol. The maximum Gasteiger partial charge on any atom is 0.259 e. The van der Waals surface area contributed by atoms with Gasteiger partial charge in [-0.1, -0.05) is 29.3 Å². The molecule has 0 radical (unpaired) electrons. The molecular formula is C17H13Cl2N3O2. The van der Waals surface area contributed by atoms with E-state index in [2.05, 4.69) is 10.4 Å². The van der Waals surface area contributed by atoms with Gasteiger partial charge in [-0.2, -0.15) is 5.10 Å². The standard InChI is InChI=1S/C17H13Cl2N3O2/c1-10-14(9-20-22(10)13-4-2-3-11(18)7-13)17(24)21-15-8-12(19)5-6-16(15)23/h2-9,23H,1H3,(H,21,24). The number of carbonyl (C=O) groups excluding carboxylic acids is 1. The van der Waals surface area contributed by atoms with Crippen molar-refractivity contribution in [3.63, 3.8) is 0 Å². The molecule has 0 atom stereocenters. The van der Waals surface area contributed by atoms with Crippen molar-refractivity contribution in [3.8, 4) is 11.4 Å². The molecule has 0 unspecified atom stereocenters. The molecule has 2 aromatic carbocycles. The third kappa shape index (κ3) is 3.22. The van der Waals surface area contributed by atoms with Gasteiger partial charge in [0.25, 0.3) is 5.91 Å². The summed E-state index contributed by atoms with van der Waals surface area (Å²) in [6.45, 7) is 1.78. The van der Waals surface area contributed by atoms with E-state index in [1.165, 1.54) is 24.4 Å². The summed E-state index contributed by atoms with van der Waals surface area (Å²) < 4.78 is 1.62. The number of aromatic hydroxyl groups is 1. The Morgan fingerprint density at radius 2 is 1.92 bits per heavy atom. The molecule has 0 bridgehead atoms. The summed E-state index contributed by atoms with van der Waals surface area (Å²) in [7, 11) is 0. The predicted octanol–water partition coefficient (Wildman–Crippen LogP) is 4.45. The van der Waals surface area contributed by atoms with E-state index in [0.717, 1.165) is 5.69 Å². The van der Waals surface area contributed by atoms with Crippen LogP contribution in [0.4, 0.5) is 5.69 Å². The fourth-order valence-corrected chi connectivity index (χ4v) is 2.66. The summed E-state index contributed by atoms with van der Waals surface area (Å²) in [5.41, 5.74) is 2.03. The second-order valence-electron chi connectivity index (χ2n) is 5.15. The molecule has 1 aromatic heterocycles. The van der Waals surface area contributed by atoms with Crippen molar-refractivity contribution in [2.75, 3.05) is 5.32 Å². The fraction of sp³-hybridized carbons (Fsp3) is 0.0588. The van der Waals surface area contributed by atoms with Gasteiger partial charge in [0.2, 0.25) is 0 Å². The zero-order chi connectivity index (χ0) is 17.3. The van der Waals surface area contributed by atoms with E-state index in [9.17, 15) is 9.90 Å². The van der Waals surface area contributed by atoms with Gasteiger partial charge < -0.3 is 10.4 Å². The molecule has 0 saturated heterocycles. The molecule has 122 valence electrons. The molecule has 7 heteroatoms. The summed E-state index contributed by atoms with van der Waals surface area (Å²) in [5, 5.41) is 17.7. The van der Waals surface area contributed by atoms with E-state index >= 15 is 0 Å². The second-order valence-corrected chi connectivity index (χ2v) is 6.02. The Hall–Kier alpha value is -2.50. The monoisotopic (exact) mass is 361 g/mol. The van der Waals surface area contributed by atoms with Crippen LogP contribution in [0.1, 0.15) is 16.1 Å². The molecule has 1 heterocycles. The minimum absolute atomic E-state index is 0.0624. The number of nitrogens with one attached hydrogen (secondary N) is 1. The summed E-state index contributed by atoms with van der Waals surface area (Å²) >= 11 is 11.9. The van der Waals surface area contributed by atoms with E-state index in [-0.39, 0.29) is 11.4 Å². The lowest BCUT2D eigenvalue weighted by Crippen LogP contribution is -2.13. The van der Waals surface area contributed by atoms with Crippen molar-refractivity contribution in [2.24, 2.45) is 0 Å². The number of amides is 1. The zero-order valence-electron chi connectivity index (χ0n) is 12.6. The Labute approximate surface area is 148 Å². The Morgan fingerprint density at radius 1 is 1.17 bits per heavy atom. The van der Waals surface area contributed by atoms with Gasteiger partial charge in [0.05, 0.1) is 28.8 Å². The van der Waals surface area contributed by atoms with Crippen molar-refractivity contribution < 1.29 is 9.90 Å². The van der Waals surface area contributed by atoms with Gasteiger partial charge in [0.1, 0.15) is 5.75 Å². The topological polar surface area (TPSA) is 67.2 Å². The Kier molecular flexibility index (Phi) is 4.46. The molecule has 0 aliphatic carbocycles. The SMILES string of the molecule is Cc1c(C(=O)Nc2cc(Cl)ccc2O)cnn1-c1cccc(Cl)c1. The van der Waals surface area contributed by atoms with Crippen molar-refractivity contribution in [2.45, 2.75) is 6.92 Å². The number of carbonyl (C=O) groups is 1. The highest BCUT2D eigenvalue weighted by molar-refractivity contribution is 6.31. The lowest BCUT2D eigenvalue weighted by molar-refractivity contribution is 0.102. The quantitative estimate of drug-likeness (QED) is 0.677. The third-order valence-electron chi connectivity index (χ3n) is 3.51. The number of phenols is 1. The second kappa shape index (κ2) is 6.55. The summed E-state index contributed by atoms with van der Waals surface area (Å²) in [6, 6.07) is 11.6. The van der Waals surface area contributed by atoms with E-state index < -0.39 is 5.91 Å². The minimum atomic E-state index is -0.390. The van der Waals surface area contributed by atoms with Gasteiger partial charge >= 0.3 is 0 Å². The summed E-state index contributed by atoms with van der Waals surface area (Å²) in [6.07, 6.45) is 1.47. The van der Waals surface area contributed by atoms with Crippen molar-refractivity contribution in [3.05, 3.63) is 70.0 Å². The van der Waals surface area contributed by atoms with Gasteiger partial charge in [-0.15, -0.1) is 0 Å². The summed E-state index contributed by atoms with van der Waals surface area (Å²) in [5.74, 6) is -0.453. The summed E-state index contributed by atoms with van der Waals surface area (Å²) in [4.78, 5) is 12.5. The number of benzene rings is 2. The third-order valence-corrected chi connectivity index (χ3v) is 3.98. The van der Waals surface area contributed by atoms with Crippen LogP contribution in [0.3, 0.4) is 0 Å². The van der Waals surface area contributed by atoms with Crippen LogP contribution in [0.5, 0.6) is 5.75 Å². The molecule has 0 spiro atoms. The van der Waals surface area contributed by atoms with Crippen LogP contribution in [-0.2, 0) is 0 Å². The molecule has 0 fully saturated rings. The lowest BCUT2D eigenvalue weighted by Gasteiger charge is -2.08. The highest BCUT2D eigenvalue weighted by atomic mass is 35.5. The first-order chi connectivity index (χ1) is 11.5. The molecule has 3 aromatic rings. The van der Waals surface area contributed by atoms with Gasteiger partial charge in [-0.25, -0.2) is 4.68 Å². The van der Waals surface area contributed by atoms with Crippen LogP contribution >= 0.6 is 23.2 Å². The fourth-order valence-electron chi connectivity index (χ4n) is 2.30. The maximum absolute atomic E-state index is 12.5. The van der Waals surface area contributed by atoms with E-state index in [4.69, 9.17) is 23.2 Å². The van der Waals surface area contributed by atoms with Gasteiger partial charge in [-0.05, 0) is 43.3 Å². The number of nitrogens with zero attached hydrogens (tertiary/aromatic N) is 2. The van der Waals surface area contributed by atoms with Gasteiger partial charge in [-0.3, -0.25) is 4.79 Å². The van der Waals surface area contributed by atoms with Crippen LogP contribution in [0.2, 0.25) is 10.0 Å². The molecule has 0 saturated carbocycles. The molecular weight excluding hydrogens is 349 g/mol. The molecule has 24 heavy (non-hydrogen) atoms. The first kappa shape index (κ1) is 16.4. The number of halogens is 2. The minimum Gasteiger partial charge on any atom is -0.506 e. The smallest absolute Gasteiger partial charge is 0.259 e. The van der Waals surface area contributed by atoms with Crippen LogP contribution in [0.15, 0.2) is 48.7 Å². The number of aromatic nitrogens is 2. The van der Waals surface area contributed by atoms with E-state index in [1.807, 2.05) is 12.1 Å². The van der Waals surface area contributed by atoms with Crippen LogP contribution in [0, 0.1) is 6.92 Å². The number of anilines is 1. The zero-order valence-corrected chi connectivity index (χ0v) is 14.1. The molecule has 0 aliphatic heterocycles. The first-order valence-corrected chi connectivity index (χ1v) is 7.82. The Bertz CT molecular complexity index is 922. The van der Waals surface area contributed by atoms with Crippen LogP contribution < -0.4 is 5.32 Å². The molecule has 0 aliphatic rings. The largest absolute Gasteiger partial charge is 0.506 e. The highest BCUT2D eigenvalue weighted by Gasteiger charge is 2.16. The van der Waals surface area contributed by atoms with E-state index in [0.29, 0.717) is 21.3 Å². The maximum atomic E-state index is 12.5. The van der Waals surface area contributed by atoms with Gasteiger partial charge in [0, 0.05) is 10.0 Å². The average Bonchev–Trinajstić information content (AvgIpc) is 2.92. The number of rotatable bonds is 3.